The zero-order chi connectivity index (χ0) is 3.58. The van der Waals surface area contributed by atoms with Crippen molar-refractivity contribution in [3.63, 3.8) is 0 Å². The molecule has 0 aromatic rings. The van der Waals surface area contributed by atoms with Gasteiger partial charge in [-0.15, -0.1) is 11.4 Å². The average molecular weight is 273 g/mol. The van der Waals surface area contributed by atoms with Crippen molar-refractivity contribution in [3.05, 3.63) is 0 Å². The van der Waals surface area contributed by atoms with Crippen LogP contribution in [0.1, 0.15) is 0 Å². The minimum atomic E-state index is -3.11. The zero-order valence-corrected chi connectivity index (χ0v) is 9.79. The van der Waals surface area contributed by atoms with Gasteiger partial charge in [-0.25, -0.2) is 0 Å². The normalized spacial score (nSPS) is 5.83. The molecule has 0 aromatic carbocycles. The predicted molar refractivity (Wildman–Crippen MR) is 18.2 cm³/mol. The van der Waals surface area contributed by atoms with Crippen LogP contribution in [0.4, 0.5) is 0 Å². The van der Waals surface area contributed by atoms with Crippen molar-refractivity contribution < 1.29 is 40.6 Å². The second kappa shape index (κ2) is 9.72. The van der Waals surface area contributed by atoms with E-state index in [-0.39, 0.29) is 44.4 Å². The van der Waals surface area contributed by atoms with Crippen LogP contribution >= 0.6 is 0 Å². The molecule has 0 aliphatic rings. The van der Waals surface area contributed by atoms with Crippen LogP contribution in [0.15, 0.2) is 0 Å². The molecule has 0 bridgehead atoms. The molecule has 0 unspecified atom stereocenters. The third-order valence-electron chi connectivity index (χ3n) is 0. The van der Waals surface area contributed by atoms with Crippen LogP contribution in [0, 0.1) is 0 Å². The van der Waals surface area contributed by atoms with Crippen molar-refractivity contribution in [2.45, 2.75) is 0 Å². The molecule has 0 aliphatic carbocycles. The van der Waals surface area contributed by atoms with Crippen molar-refractivity contribution in [2.24, 2.45) is 0 Å². The Kier molecular flexibility index (Phi) is 25.3. The summed E-state index contributed by atoms with van der Waals surface area (Å²) >= 11 is -3.11. The molecule has 0 aliphatic heterocycles. The SMILES string of the molecule is O=S([O-])[O-].[Cd+2].[SeH2]. The summed E-state index contributed by atoms with van der Waals surface area (Å²) in [5.74, 6) is 0. The van der Waals surface area contributed by atoms with E-state index in [4.69, 9.17) is 13.3 Å². The molecule has 0 saturated heterocycles. The summed E-state index contributed by atoms with van der Waals surface area (Å²) in [4.78, 5) is 0. The Bertz CT molecular complexity index is 33.8. The summed E-state index contributed by atoms with van der Waals surface area (Å²) in [6, 6.07) is 0. The van der Waals surface area contributed by atoms with Gasteiger partial charge >= 0.3 is 44.4 Å². The molecule has 0 aromatic heterocycles. The van der Waals surface area contributed by atoms with Gasteiger partial charge in [0, 0.05) is 0 Å². The van der Waals surface area contributed by atoms with Gasteiger partial charge in [-0.2, -0.15) is 0 Å². The maximum atomic E-state index is 8.44. The molecule has 6 heavy (non-hydrogen) atoms. The first-order valence-corrected chi connectivity index (χ1v) is 1.50. The van der Waals surface area contributed by atoms with Gasteiger partial charge in [0.05, 0.1) is 0 Å². The molecule has 0 heterocycles. The van der Waals surface area contributed by atoms with E-state index in [1.807, 2.05) is 0 Å². The van der Waals surface area contributed by atoms with Crippen molar-refractivity contribution >= 4 is 28.4 Å². The number of hydrogen-bond donors (Lipinski definition) is 0. The Morgan fingerprint density at radius 1 is 1.33 bits per heavy atom. The summed E-state index contributed by atoms with van der Waals surface area (Å²) in [5.41, 5.74) is 0. The van der Waals surface area contributed by atoms with Crippen molar-refractivity contribution in [1.29, 1.82) is 0 Å². The van der Waals surface area contributed by atoms with E-state index in [0.29, 0.717) is 0 Å². The Morgan fingerprint density at radius 2 is 1.33 bits per heavy atom. The minimum absolute atomic E-state index is 0. The fourth-order valence-electron chi connectivity index (χ4n) is 0. The van der Waals surface area contributed by atoms with Crippen LogP contribution < -0.4 is 0 Å². The first-order valence-electron chi connectivity index (χ1n) is 0.500. The molecule has 34 valence electrons. The average Bonchev–Trinajstić information content (AvgIpc) is 0.811. The van der Waals surface area contributed by atoms with Crippen LogP contribution in [0.2, 0.25) is 0 Å². The molecule has 0 radical (unpaired) electrons. The Morgan fingerprint density at radius 3 is 1.33 bits per heavy atom. The molecule has 0 N–H and O–H groups in total. The fourth-order valence-corrected chi connectivity index (χ4v) is 0. The summed E-state index contributed by atoms with van der Waals surface area (Å²) in [7, 11) is 0. The Hall–Kier alpha value is 1.51. The first-order chi connectivity index (χ1) is 1.73. The topological polar surface area (TPSA) is 63.2 Å². The van der Waals surface area contributed by atoms with Gasteiger partial charge in [-0.1, -0.05) is 0 Å². The molecule has 0 atom stereocenters. The fraction of sp³-hybridized carbons (Fsp3) is 0. The molecule has 0 saturated carbocycles. The van der Waals surface area contributed by atoms with Crippen LogP contribution in [0.3, 0.4) is 0 Å². The van der Waals surface area contributed by atoms with Gasteiger partial charge in [0.25, 0.3) is 0 Å². The van der Waals surface area contributed by atoms with Crippen LogP contribution in [-0.4, -0.2) is 30.4 Å². The van der Waals surface area contributed by atoms with E-state index in [9.17, 15) is 0 Å². The van der Waals surface area contributed by atoms with E-state index in [1.165, 1.54) is 0 Å². The predicted octanol–water partition coefficient (Wildman–Crippen LogP) is -1.92. The van der Waals surface area contributed by atoms with Crippen LogP contribution in [-0.2, 0) is 38.7 Å². The van der Waals surface area contributed by atoms with Gasteiger partial charge in [0.2, 0.25) is 0 Å². The van der Waals surface area contributed by atoms with Crippen molar-refractivity contribution in [2.75, 3.05) is 0 Å². The van der Waals surface area contributed by atoms with Crippen molar-refractivity contribution in [1.82, 2.24) is 0 Å². The molecule has 6 heteroatoms. The second-order valence-corrected chi connectivity index (χ2v) is 0.612. The monoisotopic (exact) mass is 276 g/mol. The summed E-state index contributed by atoms with van der Waals surface area (Å²) in [5, 5.41) is 0. The number of rotatable bonds is 0. The Labute approximate surface area is 68.6 Å². The van der Waals surface area contributed by atoms with E-state index in [1.54, 1.807) is 0 Å². The molecule has 0 rings (SSSR count). The van der Waals surface area contributed by atoms with E-state index in [0.717, 1.165) is 0 Å². The second-order valence-electron chi connectivity index (χ2n) is 0.204. The van der Waals surface area contributed by atoms with Crippen molar-refractivity contribution in [3.8, 4) is 0 Å². The number of hydrogen-bond acceptors (Lipinski definition) is 3. The molecule has 0 fully saturated rings. The van der Waals surface area contributed by atoms with Gasteiger partial charge in [0.15, 0.2) is 0 Å². The summed E-state index contributed by atoms with van der Waals surface area (Å²) in [6.07, 6.45) is 0. The zero-order valence-electron chi connectivity index (χ0n) is 2.84. The third kappa shape index (κ3) is 49.1. The van der Waals surface area contributed by atoms with Gasteiger partial charge in [-0.05, 0) is 0 Å². The van der Waals surface area contributed by atoms with E-state index >= 15 is 0 Å². The maximum absolute atomic E-state index is 8.44. The molecule has 0 amide bonds. The molecule has 0 spiro atoms. The quantitative estimate of drug-likeness (QED) is 0.382. The standard InChI is InChI=1S/Cd.H2O3S.H2Se/c;1-4(2)3;/h;(H2,1,2,3);1H2/q+2;;/p-2. The Balaban J connectivity index is -0.0000000450. The van der Waals surface area contributed by atoms with E-state index in [2.05, 4.69) is 0 Å². The van der Waals surface area contributed by atoms with Crippen LogP contribution in [0.25, 0.3) is 0 Å². The van der Waals surface area contributed by atoms with Gasteiger partial charge in [0.1, 0.15) is 0 Å². The third-order valence-corrected chi connectivity index (χ3v) is 0. The molecule has 3 nitrogen and oxygen atoms in total. The van der Waals surface area contributed by atoms with Gasteiger partial charge in [-0.3, -0.25) is 4.21 Å². The first kappa shape index (κ1) is 15.6. The van der Waals surface area contributed by atoms with Crippen LogP contribution in [0.5, 0.6) is 0 Å². The molecular weight excluding hydrogens is 271 g/mol. The van der Waals surface area contributed by atoms with Gasteiger partial charge < -0.3 is 9.11 Å². The summed E-state index contributed by atoms with van der Waals surface area (Å²) < 4.78 is 25.3. The van der Waals surface area contributed by atoms with E-state index < -0.39 is 11.4 Å². The molecular formula is H2CdO3SSe. The summed E-state index contributed by atoms with van der Waals surface area (Å²) in [6.45, 7) is 0.